The van der Waals surface area contributed by atoms with Crippen molar-refractivity contribution in [3.05, 3.63) is 58.5 Å². The van der Waals surface area contributed by atoms with Crippen LogP contribution in [0.2, 0.25) is 5.22 Å². The van der Waals surface area contributed by atoms with Crippen molar-refractivity contribution >= 4 is 11.6 Å². The third kappa shape index (κ3) is 4.62. The van der Waals surface area contributed by atoms with E-state index < -0.39 is 0 Å². The molecule has 1 aromatic carbocycles. The van der Waals surface area contributed by atoms with Gasteiger partial charge in [-0.05, 0) is 60.2 Å². The number of hydrogen-bond acceptors (Lipinski definition) is 2. The molecule has 0 aliphatic carbocycles. The van der Waals surface area contributed by atoms with Crippen molar-refractivity contribution in [2.45, 2.75) is 39.7 Å². The molecule has 1 heterocycles. The highest BCUT2D eigenvalue weighted by Gasteiger charge is 2.17. The van der Waals surface area contributed by atoms with Crippen LogP contribution < -0.4 is 5.32 Å². The standard InChI is InChI=1S/C18H24ClNO/c1-4-11-20-18(16-9-10-17(19)21-16)15-7-5-14(6-8-15)12-13(2)3/h5-10,13,18,20H,4,11-12H2,1-3H3. The van der Waals surface area contributed by atoms with E-state index in [4.69, 9.17) is 16.0 Å². The van der Waals surface area contributed by atoms with Gasteiger partial charge in [-0.3, -0.25) is 0 Å². The van der Waals surface area contributed by atoms with Gasteiger partial charge in [-0.1, -0.05) is 45.0 Å². The Labute approximate surface area is 132 Å². The van der Waals surface area contributed by atoms with E-state index in [-0.39, 0.29) is 6.04 Å². The molecule has 0 saturated heterocycles. The van der Waals surface area contributed by atoms with E-state index in [0.717, 1.165) is 25.1 Å². The van der Waals surface area contributed by atoms with Crippen molar-refractivity contribution in [3.8, 4) is 0 Å². The second-order valence-electron chi connectivity index (χ2n) is 5.87. The van der Waals surface area contributed by atoms with Gasteiger partial charge in [0.05, 0.1) is 6.04 Å². The predicted octanol–water partition coefficient (Wildman–Crippen LogP) is 5.22. The van der Waals surface area contributed by atoms with Gasteiger partial charge in [0, 0.05) is 0 Å². The largest absolute Gasteiger partial charge is 0.448 e. The summed E-state index contributed by atoms with van der Waals surface area (Å²) in [4.78, 5) is 0. The Morgan fingerprint density at radius 1 is 1.10 bits per heavy atom. The molecule has 0 aliphatic rings. The third-order valence-electron chi connectivity index (χ3n) is 3.43. The molecule has 0 radical (unpaired) electrons. The maximum absolute atomic E-state index is 5.91. The van der Waals surface area contributed by atoms with Crippen LogP contribution in [0.15, 0.2) is 40.8 Å². The molecular formula is C18H24ClNO. The highest BCUT2D eigenvalue weighted by Crippen LogP contribution is 2.26. The monoisotopic (exact) mass is 305 g/mol. The fourth-order valence-electron chi connectivity index (χ4n) is 2.47. The second-order valence-corrected chi connectivity index (χ2v) is 6.24. The van der Waals surface area contributed by atoms with Gasteiger partial charge in [0.1, 0.15) is 5.76 Å². The lowest BCUT2D eigenvalue weighted by molar-refractivity contribution is 0.448. The fraction of sp³-hybridized carbons (Fsp3) is 0.444. The molecule has 1 unspecified atom stereocenters. The Kier molecular flexibility index (Phi) is 5.89. The van der Waals surface area contributed by atoms with Crippen LogP contribution in [0.25, 0.3) is 0 Å². The minimum absolute atomic E-state index is 0.0607. The molecule has 1 atom stereocenters. The zero-order valence-electron chi connectivity index (χ0n) is 13.0. The van der Waals surface area contributed by atoms with Gasteiger partial charge >= 0.3 is 0 Å². The summed E-state index contributed by atoms with van der Waals surface area (Å²) in [5.74, 6) is 1.54. The molecule has 0 aliphatic heterocycles. The number of furan rings is 1. The minimum atomic E-state index is 0.0607. The molecule has 1 aromatic heterocycles. The lowest BCUT2D eigenvalue weighted by Gasteiger charge is -2.17. The van der Waals surface area contributed by atoms with Crippen molar-refractivity contribution in [1.82, 2.24) is 5.32 Å². The fourth-order valence-corrected chi connectivity index (χ4v) is 2.62. The number of rotatable bonds is 7. The molecule has 2 rings (SSSR count). The van der Waals surface area contributed by atoms with Crippen LogP contribution in [0.4, 0.5) is 0 Å². The van der Waals surface area contributed by atoms with Crippen LogP contribution in [-0.2, 0) is 6.42 Å². The first-order valence-corrected chi connectivity index (χ1v) is 8.05. The van der Waals surface area contributed by atoms with Crippen molar-refractivity contribution in [2.75, 3.05) is 6.54 Å². The number of nitrogens with one attached hydrogen (secondary N) is 1. The Bertz CT molecular complexity index is 545. The Hall–Kier alpha value is -1.25. The maximum Gasteiger partial charge on any atom is 0.193 e. The van der Waals surface area contributed by atoms with E-state index >= 15 is 0 Å². The quantitative estimate of drug-likeness (QED) is 0.758. The van der Waals surface area contributed by atoms with Crippen LogP contribution in [-0.4, -0.2) is 6.54 Å². The van der Waals surface area contributed by atoms with Gasteiger partial charge in [0.25, 0.3) is 0 Å². The molecule has 2 aromatic rings. The first kappa shape index (κ1) is 16.1. The molecule has 0 bridgehead atoms. The van der Waals surface area contributed by atoms with E-state index in [0.29, 0.717) is 11.1 Å². The number of hydrogen-bond donors (Lipinski definition) is 1. The molecular weight excluding hydrogens is 282 g/mol. The molecule has 1 N–H and O–H groups in total. The Morgan fingerprint density at radius 3 is 2.33 bits per heavy atom. The highest BCUT2D eigenvalue weighted by molar-refractivity contribution is 6.28. The Balaban J connectivity index is 2.20. The third-order valence-corrected chi connectivity index (χ3v) is 3.64. The molecule has 3 heteroatoms. The average Bonchev–Trinajstić information content (AvgIpc) is 2.87. The number of benzene rings is 1. The Morgan fingerprint density at radius 2 is 1.81 bits per heavy atom. The van der Waals surface area contributed by atoms with Crippen molar-refractivity contribution in [3.63, 3.8) is 0 Å². The second kappa shape index (κ2) is 7.67. The van der Waals surface area contributed by atoms with Gasteiger partial charge in [0.15, 0.2) is 5.22 Å². The topological polar surface area (TPSA) is 25.2 Å². The van der Waals surface area contributed by atoms with E-state index in [1.807, 2.05) is 6.07 Å². The SMILES string of the molecule is CCCNC(c1ccc(CC(C)C)cc1)c1ccc(Cl)o1. The summed E-state index contributed by atoms with van der Waals surface area (Å²) in [5.41, 5.74) is 2.59. The van der Waals surface area contributed by atoms with Crippen LogP contribution in [0.5, 0.6) is 0 Å². The van der Waals surface area contributed by atoms with Crippen molar-refractivity contribution < 1.29 is 4.42 Å². The van der Waals surface area contributed by atoms with Crippen LogP contribution in [0.3, 0.4) is 0 Å². The summed E-state index contributed by atoms with van der Waals surface area (Å²) in [6.07, 6.45) is 2.19. The highest BCUT2D eigenvalue weighted by atomic mass is 35.5. The summed E-state index contributed by atoms with van der Waals surface area (Å²) in [6, 6.07) is 12.6. The van der Waals surface area contributed by atoms with Gasteiger partial charge in [-0.25, -0.2) is 0 Å². The van der Waals surface area contributed by atoms with Crippen molar-refractivity contribution in [2.24, 2.45) is 5.92 Å². The zero-order chi connectivity index (χ0) is 15.2. The molecule has 0 amide bonds. The van der Waals surface area contributed by atoms with Gasteiger partial charge in [-0.15, -0.1) is 0 Å². The minimum Gasteiger partial charge on any atom is -0.448 e. The van der Waals surface area contributed by atoms with Crippen LogP contribution in [0.1, 0.15) is 50.1 Å². The lowest BCUT2D eigenvalue weighted by Crippen LogP contribution is -2.22. The zero-order valence-corrected chi connectivity index (χ0v) is 13.8. The van der Waals surface area contributed by atoms with Gasteiger partial charge < -0.3 is 9.73 Å². The number of halogens is 1. The van der Waals surface area contributed by atoms with Crippen molar-refractivity contribution in [1.29, 1.82) is 0 Å². The molecule has 0 spiro atoms. The maximum atomic E-state index is 5.91. The summed E-state index contributed by atoms with van der Waals surface area (Å²) in [6.45, 7) is 7.58. The lowest BCUT2D eigenvalue weighted by atomic mass is 9.98. The first-order valence-electron chi connectivity index (χ1n) is 7.67. The van der Waals surface area contributed by atoms with E-state index in [2.05, 4.69) is 50.4 Å². The summed E-state index contributed by atoms with van der Waals surface area (Å²) in [7, 11) is 0. The van der Waals surface area contributed by atoms with E-state index in [1.54, 1.807) is 6.07 Å². The normalized spacial score (nSPS) is 12.8. The summed E-state index contributed by atoms with van der Waals surface area (Å²) >= 11 is 5.91. The average molecular weight is 306 g/mol. The van der Waals surface area contributed by atoms with Crippen LogP contribution >= 0.6 is 11.6 Å². The van der Waals surface area contributed by atoms with E-state index in [1.165, 1.54) is 11.1 Å². The molecule has 0 saturated carbocycles. The molecule has 2 nitrogen and oxygen atoms in total. The van der Waals surface area contributed by atoms with Gasteiger partial charge in [-0.2, -0.15) is 0 Å². The van der Waals surface area contributed by atoms with Gasteiger partial charge in [0.2, 0.25) is 0 Å². The summed E-state index contributed by atoms with van der Waals surface area (Å²) in [5, 5.41) is 3.96. The smallest absolute Gasteiger partial charge is 0.193 e. The predicted molar refractivity (Wildman–Crippen MR) is 88.8 cm³/mol. The molecule has 0 fully saturated rings. The first-order chi connectivity index (χ1) is 10.1. The summed E-state index contributed by atoms with van der Waals surface area (Å²) < 4.78 is 5.59. The van der Waals surface area contributed by atoms with Crippen LogP contribution in [0, 0.1) is 5.92 Å². The van der Waals surface area contributed by atoms with E-state index in [9.17, 15) is 0 Å². The molecule has 114 valence electrons. The molecule has 21 heavy (non-hydrogen) atoms.